The van der Waals surface area contributed by atoms with Crippen LogP contribution in [0, 0.1) is 11.6 Å². The van der Waals surface area contributed by atoms with Crippen LogP contribution >= 0.6 is 0 Å². The number of hydrogen-bond donors (Lipinski definition) is 2. The van der Waals surface area contributed by atoms with E-state index in [0.717, 1.165) is 37.9 Å². The second kappa shape index (κ2) is 10.0. The van der Waals surface area contributed by atoms with Crippen molar-refractivity contribution < 1.29 is 23.0 Å². The minimum absolute atomic E-state index is 0.0161. The number of likely N-dealkylation sites (N-methyl/N-ethyl adjacent to an activating group) is 1. The maximum Gasteiger partial charge on any atom is 0.274 e. The van der Waals surface area contributed by atoms with Gasteiger partial charge in [-0.3, -0.25) is 9.89 Å². The van der Waals surface area contributed by atoms with Gasteiger partial charge in [0.1, 0.15) is 5.69 Å². The van der Waals surface area contributed by atoms with Crippen molar-refractivity contribution in [2.24, 2.45) is 0 Å². The van der Waals surface area contributed by atoms with Gasteiger partial charge in [-0.05, 0) is 43.4 Å². The minimum Gasteiger partial charge on any atom is -0.494 e. The lowest BCUT2D eigenvalue weighted by Crippen LogP contribution is -2.44. The highest BCUT2D eigenvalue weighted by molar-refractivity contribution is 6.10. The van der Waals surface area contributed by atoms with Crippen LogP contribution in [0.15, 0.2) is 42.5 Å². The molecule has 2 aromatic carbocycles. The highest BCUT2D eigenvalue weighted by atomic mass is 19.1. The van der Waals surface area contributed by atoms with Gasteiger partial charge >= 0.3 is 0 Å². The summed E-state index contributed by atoms with van der Waals surface area (Å²) in [6, 6.07) is 11.7. The van der Waals surface area contributed by atoms with Gasteiger partial charge in [0.15, 0.2) is 28.8 Å². The molecule has 0 spiro atoms. The summed E-state index contributed by atoms with van der Waals surface area (Å²) >= 11 is 0. The lowest BCUT2D eigenvalue weighted by molar-refractivity contribution is 0.102. The highest BCUT2D eigenvalue weighted by Gasteiger charge is 2.24. The van der Waals surface area contributed by atoms with Crippen LogP contribution in [0.3, 0.4) is 0 Å². The summed E-state index contributed by atoms with van der Waals surface area (Å²) < 4.78 is 39.8. The van der Waals surface area contributed by atoms with Gasteiger partial charge in [-0.2, -0.15) is 5.10 Å². The molecule has 1 fully saturated rings. The number of methoxy groups -OCH3 is 2. The molecule has 1 aliphatic rings. The highest BCUT2D eigenvalue weighted by Crippen LogP contribution is 2.37. The number of anilines is 2. The summed E-state index contributed by atoms with van der Waals surface area (Å²) in [5, 5.41) is 10.0. The fourth-order valence-electron chi connectivity index (χ4n) is 4.33. The molecule has 4 aromatic rings. The predicted octanol–water partition coefficient (Wildman–Crippen LogP) is 3.92. The molecule has 1 aliphatic heterocycles. The third kappa shape index (κ3) is 4.65. The Morgan fingerprint density at radius 1 is 0.973 bits per heavy atom. The quantitative estimate of drug-likeness (QED) is 0.408. The van der Waals surface area contributed by atoms with Crippen molar-refractivity contribution in [3.8, 4) is 22.8 Å². The number of nitrogens with zero attached hydrogens (tertiary/aromatic N) is 4. The van der Waals surface area contributed by atoms with Crippen molar-refractivity contribution in [3.05, 3.63) is 59.8 Å². The number of nitrogens with one attached hydrogen (secondary N) is 2. The summed E-state index contributed by atoms with van der Waals surface area (Å²) in [5.41, 5.74) is 1.62. The van der Waals surface area contributed by atoms with E-state index in [9.17, 15) is 13.6 Å². The van der Waals surface area contributed by atoms with Crippen LogP contribution in [-0.2, 0) is 0 Å². The molecule has 3 heterocycles. The maximum atomic E-state index is 14.9. The molecule has 37 heavy (non-hydrogen) atoms. The van der Waals surface area contributed by atoms with Crippen molar-refractivity contribution in [3.63, 3.8) is 0 Å². The topological polar surface area (TPSA) is 95.6 Å². The van der Waals surface area contributed by atoms with E-state index in [-0.39, 0.29) is 28.5 Å². The third-order valence-electron chi connectivity index (χ3n) is 6.47. The Morgan fingerprint density at radius 2 is 1.62 bits per heavy atom. The molecular formula is C26H26F2N6O3. The molecule has 0 saturated carbocycles. The molecule has 0 radical (unpaired) electrons. The lowest BCUT2D eigenvalue weighted by Gasteiger charge is -2.34. The second-order valence-corrected chi connectivity index (χ2v) is 8.74. The second-order valence-electron chi connectivity index (χ2n) is 8.74. The molecule has 2 N–H and O–H groups in total. The molecule has 0 bridgehead atoms. The Labute approximate surface area is 212 Å². The molecule has 0 aliphatic carbocycles. The Bertz CT molecular complexity index is 1420. The van der Waals surface area contributed by atoms with E-state index in [2.05, 4.69) is 37.3 Å². The normalized spacial score (nSPS) is 14.1. The number of fused-ring (bicyclic) bond motifs is 1. The summed E-state index contributed by atoms with van der Waals surface area (Å²) in [6.07, 6.45) is 0. The number of ether oxygens (including phenoxy) is 2. The molecule has 1 saturated heterocycles. The number of pyridine rings is 1. The molecule has 5 rings (SSSR count). The van der Waals surface area contributed by atoms with E-state index in [1.807, 2.05) is 24.3 Å². The van der Waals surface area contributed by atoms with Crippen molar-refractivity contribution in [2.45, 2.75) is 0 Å². The van der Waals surface area contributed by atoms with Crippen LogP contribution in [0.1, 0.15) is 10.5 Å². The van der Waals surface area contributed by atoms with Crippen LogP contribution in [-0.4, -0.2) is 73.4 Å². The van der Waals surface area contributed by atoms with E-state index >= 15 is 0 Å². The first kappa shape index (κ1) is 24.4. The number of aromatic nitrogens is 3. The van der Waals surface area contributed by atoms with E-state index in [1.165, 1.54) is 26.4 Å². The predicted molar refractivity (Wildman–Crippen MR) is 136 cm³/mol. The molecule has 11 heteroatoms. The summed E-state index contributed by atoms with van der Waals surface area (Å²) in [7, 11) is 4.65. The third-order valence-corrected chi connectivity index (χ3v) is 6.47. The number of H-pyrrole nitrogens is 1. The maximum absolute atomic E-state index is 14.9. The number of halogens is 2. The number of carbonyl (C=O) groups is 1. The van der Waals surface area contributed by atoms with E-state index in [1.54, 1.807) is 0 Å². The van der Waals surface area contributed by atoms with E-state index in [4.69, 9.17) is 9.47 Å². The number of amides is 1. The van der Waals surface area contributed by atoms with E-state index in [0.29, 0.717) is 11.1 Å². The number of rotatable bonds is 6. The van der Waals surface area contributed by atoms with Gasteiger partial charge in [-0.1, -0.05) is 0 Å². The van der Waals surface area contributed by atoms with Crippen molar-refractivity contribution in [1.29, 1.82) is 0 Å². The van der Waals surface area contributed by atoms with Crippen LogP contribution in [0.2, 0.25) is 0 Å². The smallest absolute Gasteiger partial charge is 0.274 e. The number of benzene rings is 2. The first-order valence-electron chi connectivity index (χ1n) is 11.7. The first-order valence-corrected chi connectivity index (χ1v) is 11.7. The zero-order valence-electron chi connectivity index (χ0n) is 20.6. The molecule has 9 nitrogen and oxygen atoms in total. The van der Waals surface area contributed by atoms with Gasteiger partial charge in [0.2, 0.25) is 0 Å². The number of hydrogen-bond acceptors (Lipinski definition) is 7. The summed E-state index contributed by atoms with van der Waals surface area (Å²) in [5.74, 6) is -2.61. The largest absolute Gasteiger partial charge is 0.494 e. The Hall–Kier alpha value is -4.25. The van der Waals surface area contributed by atoms with Gasteiger partial charge in [0, 0.05) is 43.6 Å². The number of aromatic amines is 1. The first-order chi connectivity index (χ1) is 17.9. The number of piperazine rings is 1. The van der Waals surface area contributed by atoms with Crippen molar-refractivity contribution in [1.82, 2.24) is 20.1 Å². The molecule has 0 unspecified atom stereocenters. The number of carbonyl (C=O) groups excluding carboxylic acids is 1. The van der Waals surface area contributed by atoms with Crippen LogP contribution in [0.4, 0.5) is 20.2 Å². The summed E-state index contributed by atoms with van der Waals surface area (Å²) in [6.45, 7) is 3.92. The van der Waals surface area contributed by atoms with E-state index < -0.39 is 23.1 Å². The van der Waals surface area contributed by atoms with Crippen LogP contribution in [0.5, 0.6) is 11.5 Å². The van der Waals surface area contributed by atoms with Crippen molar-refractivity contribution in [2.75, 3.05) is 57.7 Å². The summed E-state index contributed by atoms with van der Waals surface area (Å²) in [4.78, 5) is 21.8. The molecular weight excluding hydrogens is 482 g/mol. The standard InChI is InChI=1S/C26H26F2N6O3/c1-33-10-12-34(13-11-33)16-6-4-15(5-7-16)29-26(35)24-17-8-9-18(30-25(17)32-31-24)21-22(27)19(36-2)14-20(37-3)23(21)28/h4-9,14H,10-13H2,1-3H3,(H,29,35)(H,30,31,32). The zero-order valence-corrected chi connectivity index (χ0v) is 20.6. The zero-order chi connectivity index (χ0) is 26.1. The molecule has 0 atom stereocenters. The fraction of sp³-hybridized carbons (Fsp3) is 0.269. The Balaban J connectivity index is 1.38. The van der Waals surface area contributed by atoms with Gasteiger partial charge in [-0.25, -0.2) is 13.8 Å². The fourth-order valence-corrected chi connectivity index (χ4v) is 4.33. The van der Waals surface area contributed by atoms with Gasteiger partial charge in [0.05, 0.1) is 30.9 Å². The van der Waals surface area contributed by atoms with Crippen LogP contribution in [0.25, 0.3) is 22.3 Å². The Morgan fingerprint density at radius 3 is 2.24 bits per heavy atom. The monoisotopic (exact) mass is 508 g/mol. The molecule has 2 aromatic heterocycles. The molecule has 192 valence electrons. The Kier molecular flexibility index (Phi) is 6.62. The molecule has 1 amide bonds. The van der Waals surface area contributed by atoms with Crippen molar-refractivity contribution >= 4 is 28.3 Å². The van der Waals surface area contributed by atoms with Gasteiger partial charge in [0.25, 0.3) is 5.91 Å². The minimum atomic E-state index is -0.916. The van der Waals surface area contributed by atoms with Gasteiger partial charge < -0.3 is 24.6 Å². The lowest BCUT2D eigenvalue weighted by atomic mass is 10.1. The van der Waals surface area contributed by atoms with Gasteiger partial charge in [-0.15, -0.1) is 0 Å². The SMILES string of the molecule is COc1cc(OC)c(F)c(-c2ccc3c(C(=O)Nc4ccc(N5CCN(C)CC5)cc4)[nH]nc3n2)c1F. The average Bonchev–Trinajstić information content (AvgIpc) is 3.33. The van der Waals surface area contributed by atoms with Crippen LogP contribution < -0.4 is 19.7 Å². The average molecular weight is 509 g/mol.